The molecule has 1 aromatic carbocycles. The van der Waals surface area contributed by atoms with Crippen molar-refractivity contribution in [2.75, 3.05) is 5.32 Å². The van der Waals surface area contributed by atoms with Gasteiger partial charge >= 0.3 is 0 Å². The molecule has 1 aromatic heterocycles. The SMILES string of the molecule is O=C(Nc1cc(F)c(Br)cc1F)c1c[nH]c(=O)cn1. The van der Waals surface area contributed by atoms with Gasteiger partial charge in [-0.2, -0.15) is 0 Å². The van der Waals surface area contributed by atoms with E-state index in [0.29, 0.717) is 0 Å². The van der Waals surface area contributed by atoms with Crippen molar-refractivity contribution >= 4 is 27.5 Å². The number of nitrogens with one attached hydrogen (secondary N) is 2. The maximum atomic E-state index is 13.5. The van der Waals surface area contributed by atoms with Gasteiger partial charge in [-0.25, -0.2) is 13.8 Å². The maximum Gasteiger partial charge on any atom is 0.275 e. The normalized spacial score (nSPS) is 10.3. The molecule has 0 aliphatic heterocycles. The number of H-pyrrole nitrogens is 1. The zero-order chi connectivity index (χ0) is 14.0. The second-order valence-corrected chi connectivity index (χ2v) is 4.35. The average Bonchev–Trinajstić information content (AvgIpc) is 2.36. The summed E-state index contributed by atoms with van der Waals surface area (Å²) in [5.74, 6) is -2.28. The van der Waals surface area contributed by atoms with Crippen LogP contribution in [0.1, 0.15) is 10.5 Å². The Morgan fingerprint density at radius 3 is 2.68 bits per heavy atom. The molecule has 0 bridgehead atoms. The van der Waals surface area contributed by atoms with Crippen LogP contribution in [0, 0.1) is 11.6 Å². The Bertz CT molecular complexity index is 682. The molecule has 2 aromatic rings. The zero-order valence-corrected chi connectivity index (χ0v) is 10.8. The molecule has 0 aliphatic rings. The van der Waals surface area contributed by atoms with E-state index < -0.39 is 23.1 Å². The van der Waals surface area contributed by atoms with Crippen LogP contribution in [0.3, 0.4) is 0 Å². The molecular weight excluding hydrogens is 324 g/mol. The van der Waals surface area contributed by atoms with E-state index in [4.69, 9.17) is 0 Å². The van der Waals surface area contributed by atoms with Gasteiger partial charge in [-0.15, -0.1) is 0 Å². The van der Waals surface area contributed by atoms with Gasteiger partial charge in [0.15, 0.2) is 0 Å². The number of halogens is 3. The number of benzene rings is 1. The van der Waals surface area contributed by atoms with Crippen molar-refractivity contribution in [2.45, 2.75) is 0 Å². The fourth-order valence-electron chi connectivity index (χ4n) is 1.27. The number of rotatable bonds is 2. The summed E-state index contributed by atoms with van der Waals surface area (Å²) in [5, 5.41) is 2.15. The lowest BCUT2D eigenvalue weighted by atomic mass is 10.3. The fraction of sp³-hybridized carbons (Fsp3) is 0. The van der Waals surface area contributed by atoms with Crippen molar-refractivity contribution < 1.29 is 13.6 Å². The van der Waals surface area contributed by atoms with E-state index in [9.17, 15) is 18.4 Å². The lowest BCUT2D eigenvalue weighted by Crippen LogP contribution is -2.17. The molecule has 19 heavy (non-hydrogen) atoms. The molecule has 0 saturated heterocycles. The predicted octanol–water partition coefficient (Wildman–Crippen LogP) is 2.06. The summed E-state index contributed by atoms with van der Waals surface area (Å²) >= 11 is 2.82. The van der Waals surface area contributed by atoms with E-state index in [1.54, 1.807) is 0 Å². The second kappa shape index (κ2) is 5.27. The van der Waals surface area contributed by atoms with Gasteiger partial charge in [0.1, 0.15) is 17.3 Å². The topological polar surface area (TPSA) is 74.8 Å². The third-order valence-corrected chi connectivity index (χ3v) is 2.77. The molecule has 0 spiro atoms. The molecule has 0 atom stereocenters. The molecule has 2 N–H and O–H groups in total. The van der Waals surface area contributed by atoms with Gasteiger partial charge in [0.05, 0.1) is 16.4 Å². The number of anilines is 1. The Kier molecular flexibility index (Phi) is 3.70. The fourth-order valence-corrected chi connectivity index (χ4v) is 1.59. The minimum Gasteiger partial charge on any atom is -0.325 e. The number of hydrogen-bond donors (Lipinski definition) is 2. The van der Waals surface area contributed by atoms with Gasteiger partial charge in [0.2, 0.25) is 0 Å². The third kappa shape index (κ3) is 3.02. The van der Waals surface area contributed by atoms with E-state index in [1.165, 1.54) is 0 Å². The van der Waals surface area contributed by atoms with E-state index in [1.807, 2.05) is 0 Å². The number of amides is 1. The molecule has 0 radical (unpaired) electrons. The highest BCUT2D eigenvalue weighted by Gasteiger charge is 2.13. The Morgan fingerprint density at radius 2 is 2.05 bits per heavy atom. The third-order valence-electron chi connectivity index (χ3n) is 2.16. The van der Waals surface area contributed by atoms with Crippen molar-refractivity contribution in [3.05, 3.63) is 56.7 Å². The summed E-state index contributed by atoms with van der Waals surface area (Å²) in [6, 6.07) is 1.73. The molecular formula is C11H6BrF2N3O2. The van der Waals surface area contributed by atoms with Crippen LogP contribution in [0.2, 0.25) is 0 Å². The average molecular weight is 330 g/mol. The highest BCUT2D eigenvalue weighted by molar-refractivity contribution is 9.10. The van der Waals surface area contributed by atoms with Crippen molar-refractivity contribution in [2.24, 2.45) is 0 Å². The Hall–Kier alpha value is -2.09. The lowest BCUT2D eigenvalue weighted by Gasteiger charge is -2.06. The van der Waals surface area contributed by atoms with Gasteiger partial charge in [-0.05, 0) is 22.0 Å². The molecule has 0 fully saturated rings. The van der Waals surface area contributed by atoms with Crippen molar-refractivity contribution in [3.8, 4) is 0 Å². The summed E-state index contributed by atoms with van der Waals surface area (Å²) in [4.78, 5) is 28.3. The standard InChI is InChI=1S/C11H6BrF2N3O2/c12-5-1-7(14)8(2-6(5)13)17-11(19)9-3-16-10(18)4-15-9/h1-4H,(H,16,18)(H,17,19). The van der Waals surface area contributed by atoms with Crippen molar-refractivity contribution in [1.29, 1.82) is 0 Å². The lowest BCUT2D eigenvalue weighted by molar-refractivity contribution is 0.102. The van der Waals surface area contributed by atoms with Crippen LogP contribution >= 0.6 is 15.9 Å². The monoisotopic (exact) mass is 329 g/mol. The summed E-state index contributed by atoms with van der Waals surface area (Å²) in [6.07, 6.45) is 1.98. The first-order valence-electron chi connectivity index (χ1n) is 4.98. The van der Waals surface area contributed by atoms with Crippen LogP contribution in [0.4, 0.5) is 14.5 Å². The molecule has 98 valence electrons. The van der Waals surface area contributed by atoms with Crippen LogP contribution in [0.25, 0.3) is 0 Å². The first-order chi connectivity index (χ1) is 8.97. The Labute approximate surface area is 113 Å². The summed E-state index contributed by atoms with van der Waals surface area (Å²) in [5.41, 5.74) is -0.918. The summed E-state index contributed by atoms with van der Waals surface area (Å²) < 4.78 is 26.7. The first-order valence-corrected chi connectivity index (χ1v) is 5.77. The van der Waals surface area contributed by atoms with Gasteiger partial charge in [0.25, 0.3) is 11.5 Å². The highest BCUT2D eigenvalue weighted by Crippen LogP contribution is 2.23. The number of carbonyl (C=O) groups is 1. The molecule has 8 heteroatoms. The van der Waals surface area contributed by atoms with Gasteiger partial charge < -0.3 is 10.3 Å². The van der Waals surface area contributed by atoms with Crippen molar-refractivity contribution in [3.63, 3.8) is 0 Å². The number of aromatic nitrogens is 2. The molecule has 5 nitrogen and oxygen atoms in total. The van der Waals surface area contributed by atoms with E-state index in [-0.39, 0.29) is 15.9 Å². The number of nitrogens with zero attached hydrogens (tertiary/aromatic N) is 1. The Morgan fingerprint density at radius 1 is 1.32 bits per heavy atom. The Balaban J connectivity index is 2.26. The van der Waals surface area contributed by atoms with E-state index in [0.717, 1.165) is 24.5 Å². The van der Waals surface area contributed by atoms with E-state index >= 15 is 0 Å². The van der Waals surface area contributed by atoms with Gasteiger partial charge in [0, 0.05) is 12.3 Å². The van der Waals surface area contributed by atoms with Crippen LogP contribution < -0.4 is 10.9 Å². The molecule has 0 aliphatic carbocycles. The quantitative estimate of drug-likeness (QED) is 0.828. The molecule has 0 saturated carbocycles. The minimum atomic E-state index is -0.800. The summed E-state index contributed by atoms with van der Waals surface area (Å²) in [6.45, 7) is 0. The van der Waals surface area contributed by atoms with Crippen molar-refractivity contribution in [1.82, 2.24) is 9.97 Å². The summed E-state index contributed by atoms with van der Waals surface area (Å²) in [7, 11) is 0. The number of carbonyl (C=O) groups excluding carboxylic acids is 1. The smallest absolute Gasteiger partial charge is 0.275 e. The number of aromatic amines is 1. The van der Waals surface area contributed by atoms with Crippen LogP contribution in [-0.2, 0) is 0 Å². The molecule has 2 rings (SSSR count). The van der Waals surface area contributed by atoms with Crippen LogP contribution in [-0.4, -0.2) is 15.9 Å². The minimum absolute atomic E-state index is 0.0508. The van der Waals surface area contributed by atoms with Gasteiger partial charge in [-0.3, -0.25) is 9.59 Å². The van der Waals surface area contributed by atoms with Crippen LogP contribution in [0.15, 0.2) is 33.8 Å². The van der Waals surface area contributed by atoms with E-state index in [2.05, 4.69) is 31.2 Å². The highest BCUT2D eigenvalue weighted by atomic mass is 79.9. The maximum absolute atomic E-state index is 13.5. The van der Waals surface area contributed by atoms with Crippen LogP contribution in [0.5, 0.6) is 0 Å². The molecule has 1 amide bonds. The second-order valence-electron chi connectivity index (χ2n) is 3.50. The molecule has 1 heterocycles. The van der Waals surface area contributed by atoms with Gasteiger partial charge in [-0.1, -0.05) is 0 Å². The first kappa shape index (κ1) is 13.3. The number of hydrogen-bond acceptors (Lipinski definition) is 3. The largest absolute Gasteiger partial charge is 0.325 e. The predicted molar refractivity (Wildman–Crippen MR) is 66.9 cm³/mol. The zero-order valence-electron chi connectivity index (χ0n) is 9.21. The molecule has 0 unspecified atom stereocenters.